The summed E-state index contributed by atoms with van der Waals surface area (Å²) in [7, 11) is 0. The summed E-state index contributed by atoms with van der Waals surface area (Å²) in [6.07, 6.45) is 5.12. The highest BCUT2D eigenvalue weighted by molar-refractivity contribution is 5.78. The number of benzene rings is 1. The number of carbonyl (C=O) groups excluding carboxylic acids is 1. The number of terminal acetylenes is 1. The highest BCUT2D eigenvalue weighted by atomic mass is 16.3. The molecule has 1 aromatic carbocycles. The molecule has 0 aliphatic carbocycles. The predicted octanol–water partition coefficient (Wildman–Crippen LogP) is 0.264. The monoisotopic (exact) mass is 273 g/mol. The van der Waals surface area contributed by atoms with Gasteiger partial charge in [0.25, 0.3) is 0 Å². The summed E-state index contributed by atoms with van der Waals surface area (Å²) in [5, 5.41) is 12.2. The van der Waals surface area contributed by atoms with E-state index in [1.165, 1.54) is 0 Å². The van der Waals surface area contributed by atoms with Gasteiger partial charge in [-0.1, -0.05) is 5.92 Å². The molecular weight excluding hydrogens is 254 g/mol. The van der Waals surface area contributed by atoms with Gasteiger partial charge in [0, 0.05) is 31.9 Å². The zero-order chi connectivity index (χ0) is 14.4. The second kappa shape index (κ2) is 6.83. The van der Waals surface area contributed by atoms with E-state index < -0.39 is 0 Å². The van der Waals surface area contributed by atoms with E-state index in [1.54, 1.807) is 12.1 Å². The van der Waals surface area contributed by atoms with Crippen LogP contribution in [-0.4, -0.2) is 55.2 Å². The van der Waals surface area contributed by atoms with Gasteiger partial charge in [-0.2, -0.15) is 0 Å². The van der Waals surface area contributed by atoms with Crippen molar-refractivity contribution in [3.63, 3.8) is 0 Å². The van der Waals surface area contributed by atoms with Crippen molar-refractivity contribution >= 4 is 11.6 Å². The third-order valence-electron chi connectivity index (χ3n) is 3.35. The van der Waals surface area contributed by atoms with E-state index in [0.717, 1.165) is 18.8 Å². The van der Waals surface area contributed by atoms with Crippen LogP contribution in [0.4, 0.5) is 5.69 Å². The van der Waals surface area contributed by atoms with Crippen LogP contribution in [0.25, 0.3) is 0 Å². The molecule has 20 heavy (non-hydrogen) atoms. The zero-order valence-corrected chi connectivity index (χ0v) is 11.4. The summed E-state index contributed by atoms with van der Waals surface area (Å²) in [5.41, 5.74) is 1.07. The molecule has 1 aliphatic rings. The SMILES string of the molecule is C#CCNCC(=O)N1CCN(c2ccc(O)cc2)CC1. The summed E-state index contributed by atoms with van der Waals surface area (Å²) in [6.45, 7) is 3.72. The molecule has 0 aromatic heterocycles. The van der Waals surface area contributed by atoms with Crippen molar-refractivity contribution in [2.24, 2.45) is 0 Å². The Bertz CT molecular complexity index is 485. The lowest BCUT2D eigenvalue weighted by Crippen LogP contribution is -2.50. The van der Waals surface area contributed by atoms with Crippen molar-refractivity contribution in [3.05, 3.63) is 24.3 Å². The Hall–Kier alpha value is -2.19. The Balaban J connectivity index is 1.81. The summed E-state index contributed by atoms with van der Waals surface area (Å²) in [5.74, 6) is 2.80. The average molecular weight is 273 g/mol. The van der Waals surface area contributed by atoms with Crippen LogP contribution in [0.2, 0.25) is 0 Å². The summed E-state index contributed by atoms with van der Waals surface area (Å²) < 4.78 is 0. The number of phenols is 1. The molecule has 106 valence electrons. The zero-order valence-electron chi connectivity index (χ0n) is 11.4. The number of amides is 1. The minimum atomic E-state index is 0.0885. The number of hydrogen-bond acceptors (Lipinski definition) is 4. The standard InChI is InChI=1S/C15H19N3O2/c1-2-7-16-12-15(20)18-10-8-17(9-11-18)13-3-5-14(19)6-4-13/h1,3-6,16,19H,7-12H2. The fourth-order valence-electron chi connectivity index (χ4n) is 2.23. The van der Waals surface area contributed by atoms with Crippen molar-refractivity contribution in [1.29, 1.82) is 0 Å². The van der Waals surface area contributed by atoms with Crippen LogP contribution in [-0.2, 0) is 4.79 Å². The Morgan fingerprint density at radius 1 is 1.25 bits per heavy atom. The Morgan fingerprint density at radius 3 is 2.50 bits per heavy atom. The topological polar surface area (TPSA) is 55.8 Å². The summed E-state index contributed by atoms with van der Waals surface area (Å²) in [6, 6.07) is 7.13. The molecule has 5 nitrogen and oxygen atoms in total. The van der Waals surface area contributed by atoms with Gasteiger partial charge in [0.1, 0.15) is 5.75 Å². The van der Waals surface area contributed by atoms with Crippen molar-refractivity contribution in [3.8, 4) is 18.1 Å². The van der Waals surface area contributed by atoms with Crippen LogP contribution in [0.1, 0.15) is 0 Å². The number of anilines is 1. The molecule has 0 radical (unpaired) electrons. The van der Waals surface area contributed by atoms with Crippen molar-refractivity contribution < 1.29 is 9.90 Å². The van der Waals surface area contributed by atoms with Crippen LogP contribution < -0.4 is 10.2 Å². The molecule has 5 heteroatoms. The van der Waals surface area contributed by atoms with E-state index >= 15 is 0 Å². The van der Waals surface area contributed by atoms with E-state index in [9.17, 15) is 9.90 Å². The van der Waals surface area contributed by atoms with Gasteiger partial charge in [0.05, 0.1) is 13.1 Å². The quantitative estimate of drug-likeness (QED) is 0.610. The fourth-order valence-corrected chi connectivity index (χ4v) is 2.23. The molecule has 0 bridgehead atoms. The second-order valence-corrected chi connectivity index (χ2v) is 4.69. The number of aromatic hydroxyl groups is 1. The number of rotatable bonds is 4. The molecule has 2 rings (SSSR count). The molecule has 1 aliphatic heterocycles. The fraction of sp³-hybridized carbons (Fsp3) is 0.400. The summed E-state index contributed by atoms with van der Waals surface area (Å²) >= 11 is 0. The smallest absolute Gasteiger partial charge is 0.236 e. The van der Waals surface area contributed by atoms with Gasteiger partial charge >= 0.3 is 0 Å². The highest BCUT2D eigenvalue weighted by Crippen LogP contribution is 2.19. The molecule has 1 heterocycles. The van der Waals surface area contributed by atoms with Gasteiger partial charge in [-0.3, -0.25) is 10.1 Å². The number of carbonyl (C=O) groups is 1. The van der Waals surface area contributed by atoms with E-state index in [0.29, 0.717) is 26.2 Å². The molecule has 0 saturated carbocycles. The van der Waals surface area contributed by atoms with Crippen LogP contribution in [0.15, 0.2) is 24.3 Å². The van der Waals surface area contributed by atoms with Crippen molar-refractivity contribution in [2.75, 3.05) is 44.2 Å². The first-order chi connectivity index (χ1) is 9.70. The van der Waals surface area contributed by atoms with Gasteiger partial charge < -0.3 is 14.9 Å². The van der Waals surface area contributed by atoms with Crippen molar-refractivity contribution in [1.82, 2.24) is 10.2 Å². The van der Waals surface area contributed by atoms with Gasteiger partial charge in [0.15, 0.2) is 0 Å². The third-order valence-corrected chi connectivity index (χ3v) is 3.35. The second-order valence-electron chi connectivity index (χ2n) is 4.69. The lowest BCUT2D eigenvalue weighted by Gasteiger charge is -2.36. The summed E-state index contributed by atoms with van der Waals surface area (Å²) in [4.78, 5) is 16.0. The van der Waals surface area contributed by atoms with E-state index in [4.69, 9.17) is 6.42 Å². The molecule has 0 unspecified atom stereocenters. The maximum Gasteiger partial charge on any atom is 0.236 e. The maximum absolute atomic E-state index is 11.9. The normalized spacial score (nSPS) is 14.9. The van der Waals surface area contributed by atoms with Gasteiger partial charge in [-0.15, -0.1) is 6.42 Å². The third kappa shape index (κ3) is 3.65. The van der Waals surface area contributed by atoms with Gasteiger partial charge in [-0.25, -0.2) is 0 Å². The van der Waals surface area contributed by atoms with Gasteiger partial charge in [0.2, 0.25) is 5.91 Å². The molecule has 0 atom stereocenters. The first-order valence-electron chi connectivity index (χ1n) is 6.66. The minimum Gasteiger partial charge on any atom is -0.508 e. The Kier molecular flexibility index (Phi) is 4.85. The van der Waals surface area contributed by atoms with E-state index in [1.807, 2.05) is 17.0 Å². The van der Waals surface area contributed by atoms with Crippen LogP contribution in [0, 0.1) is 12.3 Å². The molecule has 0 spiro atoms. The number of piperazine rings is 1. The Morgan fingerprint density at radius 2 is 1.90 bits per heavy atom. The molecule has 1 fully saturated rings. The average Bonchev–Trinajstić information content (AvgIpc) is 2.48. The molecule has 1 saturated heterocycles. The van der Waals surface area contributed by atoms with Crippen LogP contribution >= 0.6 is 0 Å². The number of phenolic OH excluding ortho intramolecular Hbond substituents is 1. The lowest BCUT2D eigenvalue weighted by molar-refractivity contribution is -0.130. The van der Waals surface area contributed by atoms with Gasteiger partial charge in [-0.05, 0) is 24.3 Å². The maximum atomic E-state index is 11.9. The van der Waals surface area contributed by atoms with Crippen molar-refractivity contribution in [2.45, 2.75) is 0 Å². The molecule has 1 amide bonds. The lowest BCUT2D eigenvalue weighted by atomic mass is 10.2. The Labute approximate surface area is 119 Å². The molecular formula is C15H19N3O2. The number of nitrogens with one attached hydrogen (secondary N) is 1. The first kappa shape index (κ1) is 14.2. The van der Waals surface area contributed by atoms with Crippen LogP contribution in [0.5, 0.6) is 5.75 Å². The predicted molar refractivity (Wildman–Crippen MR) is 78.6 cm³/mol. The number of nitrogens with zero attached hydrogens (tertiary/aromatic N) is 2. The molecule has 1 aromatic rings. The number of hydrogen-bond donors (Lipinski definition) is 2. The van der Waals surface area contributed by atoms with E-state index in [-0.39, 0.29) is 11.7 Å². The first-order valence-corrected chi connectivity index (χ1v) is 6.66. The largest absolute Gasteiger partial charge is 0.508 e. The molecule has 2 N–H and O–H groups in total. The van der Waals surface area contributed by atoms with Crippen LogP contribution in [0.3, 0.4) is 0 Å². The minimum absolute atomic E-state index is 0.0885. The van der Waals surface area contributed by atoms with E-state index in [2.05, 4.69) is 16.1 Å². The highest BCUT2D eigenvalue weighted by Gasteiger charge is 2.20.